The number of aryl methyl sites for hydroxylation is 1. The number of benzene rings is 2. The highest BCUT2D eigenvalue weighted by Gasteiger charge is 2.16. The van der Waals surface area contributed by atoms with Gasteiger partial charge in [-0.05, 0) is 43.4 Å². The molecule has 0 aliphatic carbocycles. The highest BCUT2D eigenvalue weighted by molar-refractivity contribution is 5.69. The topological polar surface area (TPSA) is 69.6 Å². The van der Waals surface area contributed by atoms with Crippen molar-refractivity contribution in [1.29, 1.82) is 0 Å². The number of hydrogen-bond donors (Lipinski definition) is 3. The molecule has 0 bridgehead atoms. The maximum atomic E-state index is 11.5. The number of carboxylic acid groups (broad SMARTS) is 1. The molecular formula is C27H39NO3. The molecule has 0 amide bonds. The summed E-state index contributed by atoms with van der Waals surface area (Å²) < 4.78 is 0. The average Bonchev–Trinajstić information content (AvgIpc) is 2.80. The van der Waals surface area contributed by atoms with Crippen LogP contribution in [0.25, 0.3) is 0 Å². The molecule has 0 radical (unpaired) electrons. The standard InChI is InChI=1S/C27H39NO3/c29-26(24-16-11-7-12-17-24)22-28-21-13-5-3-1-2-4-10-18-25(27(30)31)20-19-23-14-8-6-9-15-23/h6-9,11-12,14-17,25-26,28-29H,1-5,10,13,18-22H2,(H,30,31). The van der Waals surface area contributed by atoms with Crippen LogP contribution in [-0.2, 0) is 11.2 Å². The van der Waals surface area contributed by atoms with Crippen molar-refractivity contribution in [2.45, 2.75) is 70.3 Å². The van der Waals surface area contributed by atoms with Gasteiger partial charge in [0.2, 0.25) is 0 Å². The van der Waals surface area contributed by atoms with Crippen molar-refractivity contribution in [2.75, 3.05) is 13.1 Å². The predicted molar refractivity (Wildman–Crippen MR) is 127 cm³/mol. The molecule has 2 unspecified atom stereocenters. The van der Waals surface area contributed by atoms with Gasteiger partial charge in [0.05, 0.1) is 12.0 Å². The van der Waals surface area contributed by atoms with E-state index in [4.69, 9.17) is 0 Å². The van der Waals surface area contributed by atoms with Crippen molar-refractivity contribution in [1.82, 2.24) is 5.32 Å². The summed E-state index contributed by atoms with van der Waals surface area (Å²) in [6.45, 7) is 1.53. The Morgan fingerprint density at radius 2 is 1.35 bits per heavy atom. The third-order valence-electron chi connectivity index (χ3n) is 5.90. The number of aliphatic hydroxyl groups excluding tert-OH is 1. The Kier molecular flexibility index (Phi) is 12.6. The molecule has 0 aliphatic heterocycles. The molecule has 0 aromatic heterocycles. The smallest absolute Gasteiger partial charge is 0.306 e. The largest absolute Gasteiger partial charge is 0.481 e. The Bertz CT molecular complexity index is 705. The second-order valence-corrected chi connectivity index (χ2v) is 8.45. The first-order valence-electron chi connectivity index (χ1n) is 11.9. The van der Waals surface area contributed by atoms with Crippen molar-refractivity contribution in [3.05, 3.63) is 71.8 Å². The summed E-state index contributed by atoms with van der Waals surface area (Å²) in [6.07, 6.45) is 9.99. The number of carbonyl (C=O) groups is 1. The molecule has 2 aromatic carbocycles. The first kappa shape index (κ1) is 25.1. The van der Waals surface area contributed by atoms with Crippen LogP contribution in [0.3, 0.4) is 0 Å². The van der Waals surface area contributed by atoms with Crippen molar-refractivity contribution in [3.8, 4) is 0 Å². The van der Waals surface area contributed by atoms with Crippen LogP contribution in [0.2, 0.25) is 0 Å². The summed E-state index contributed by atoms with van der Waals surface area (Å²) in [5, 5.41) is 22.9. The van der Waals surface area contributed by atoms with E-state index in [1.807, 2.05) is 48.5 Å². The minimum Gasteiger partial charge on any atom is -0.481 e. The normalized spacial score (nSPS) is 13.1. The van der Waals surface area contributed by atoms with Crippen LogP contribution < -0.4 is 5.32 Å². The fourth-order valence-electron chi connectivity index (χ4n) is 3.93. The average molecular weight is 426 g/mol. The summed E-state index contributed by atoms with van der Waals surface area (Å²) in [5.41, 5.74) is 2.18. The first-order valence-corrected chi connectivity index (χ1v) is 11.9. The lowest BCUT2D eigenvalue weighted by Gasteiger charge is -2.12. The highest BCUT2D eigenvalue weighted by Crippen LogP contribution is 2.18. The first-order chi connectivity index (χ1) is 15.2. The molecule has 2 atom stereocenters. The summed E-state index contributed by atoms with van der Waals surface area (Å²) in [4.78, 5) is 11.5. The molecule has 31 heavy (non-hydrogen) atoms. The Hall–Kier alpha value is -2.17. The minimum atomic E-state index is -0.652. The van der Waals surface area contributed by atoms with Gasteiger partial charge in [0.25, 0.3) is 0 Å². The molecule has 0 spiro atoms. The monoisotopic (exact) mass is 425 g/mol. The number of nitrogens with one attached hydrogen (secondary N) is 1. The van der Waals surface area contributed by atoms with E-state index in [2.05, 4.69) is 17.4 Å². The Morgan fingerprint density at radius 3 is 2.00 bits per heavy atom. The molecule has 0 saturated carbocycles. The second kappa shape index (κ2) is 15.6. The Morgan fingerprint density at radius 1 is 0.774 bits per heavy atom. The van der Waals surface area contributed by atoms with Crippen LogP contribution in [0.4, 0.5) is 0 Å². The van der Waals surface area contributed by atoms with Gasteiger partial charge in [0.15, 0.2) is 0 Å². The maximum Gasteiger partial charge on any atom is 0.306 e. The number of carboxylic acids is 1. The van der Waals surface area contributed by atoms with Crippen LogP contribution >= 0.6 is 0 Å². The lowest BCUT2D eigenvalue weighted by atomic mass is 9.94. The molecule has 0 fully saturated rings. The van der Waals surface area contributed by atoms with E-state index >= 15 is 0 Å². The quantitative estimate of drug-likeness (QED) is 0.282. The van der Waals surface area contributed by atoms with Crippen LogP contribution in [0, 0.1) is 5.92 Å². The number of unbranched alkanes of at least 4 members (excludes halogenated alkanes) is 6. The van der Waals surface area contributed by atoms with Crippen LogP contribution in [-0.4, -0.2) is 29.3 Å². The minimum absolute atomic E-state index is 0.225. The SMILES string of the molecule is O=C(O)C(CCCCCCCCCNCC(O)c1ccccc1)CCc1ccccc1. The molecule has 4 nitrogen and oxygen atoms in total. The van der Waals surface area contributed by atoms with E-state index in [9.17, 15) is 15.0 Å². The summed E-state index contributed by atoms with van der Waals surface area (Å²) >= 11 is 0. The fraction of sp³-hybridized carbons (Fsp3) is 0.519. The van der Waals surface area contributed by atoms with Crippen LogP contribution in [0.1, 0.15) is 75.0 Å². The third kappa shape index (κ3) is 11.1. The van der Waals surface area contributed by atoms with Crippen LogP contribution in [0.5, 0.6) is 0 Å². The van der Waals surface area contributed by atoms with Crippen LogP contribution in [0.15, 0.2) is 60.7 Å². The molecule has 4 heteroatoms. The Balaban J connectivity index is 1.42. The van der Waals surface area contributed by atoms with E-state index in [1.165, 1.54) is 31.2 Å². The molecule has 0 aliphatic rings. The number of aliphatic hydroxyl groups is 1. The zero-order valence-corrected chi connectivity index (χ0v) is 18.7. The van der Waals surface area contributed by atoms with E-state index in [0.29, 0.717) is 6.54 Å². The lowest BCUT2D eigenvalue weighted by Crippen LogP contribution is -2.22. The van der Waals surface area contributed by atoms with Gasteiger partial charge in [0.1, 0.15) is 0 Å². The van der Waals surface area contributed by atoms with E-state index in [-0.39, 0.29) is 5.92 Å². The summed E-state index contributed by atoms with van der Waals surface area (Å²) in [5.74, 6) is -0.877. The number of aliphatic carboxylic acids is 1. The van der Waals surface area contributed by atoms with Gasteiger partial charge in [-0.2, -0.15) is 0 Å². The second-order valence-electron chi connectivity index (χ2n) is 8.45. The fourth-order valence-corrected chi connectivity index (χ4v) is 3.93. The zero-order chi connectivity index (χ0) is 22.2. The third-order valence-corrected chi connectivity index (χ3v) is 5.90. The molecule has 0 saturated heterocycles. The van der Waals surface area contributed by atoms with Gasteiger partial charge < -0.3 is 15.5 Å². The van der Waals surface area contributed by atoms with Gasteiger partial charge in [-0.15, -0.1) is 0 Å². The summed E-state index contributed by atoms with van der Waals surface area (Å²) in [7, 11) is 0. The van der Waals surface area contributed by atoms with Gasteiger partial charge in [-0.1, -0.05) is 99.2 Å². The van der Waals surface area contributed by atoms with E-state index < -0.39 is 12.1 Å². The van der Waals surface area contributed by atoms with E-state index in [0.717, 1.165) is 50.6 Å². The summed E-state index contributed by atoms with van der Waals surface area (Å²) in [6, 6.07) is 19.9. The lowest BCUT2D eigenvalue weighted by molar-refractivity contribution is -0.142. The van der Waals surface area contributed by atoms with Gasteiger partial charge in [-0.25, -0.2) is 0 Å². The zero-order valence-electron chi connectivity index (χ0n) is 18.7. The molecule has 170 valence electrons. The Labute approximate surface area is 187 Å². The van der Waals surface area contributed by atoms with Crippen molar-refractivity contribution < 1.29 is 15.0 Å². The molecule has 2 rings (SSSR count). The molecular weight excluding hydrogens is 386 g/mol. The van der Waals surface area contributed by atoms with E-state index in [1.54, 1.807) is 0 Å². The number of rotatable bonds is 17. The molecule has 0 heterocycles. The van der Waals surface area contributed by atoms with Crippen molar-refractivity contribution in [3.63, 3.8) is 0 Å². The molecule has 3 N–H and O–H groups in total. The highest BCUT2D eigenvalue weighted by atomic mass is 16.4. The van der Waals surface area contributed by atoms with Gasteiger partial charge >= 0.3 is 5.97 Å². The van der Waals surface area contributed by atoms with Crippen molar-refractivity contribution >= 4 is 5.97 Å². The number of hydrogen-bond acceptors (Lipinski definition) is 3. The predicted octanol–water partition coefficient (Wildman–Crippen LogP) is 5.76. The molecule has 2 aromatic rings. The van der Waals surface area contributed by atoms with Crippen molar-refractivity contribution in [2.24, 2.45) is 5.92 Å². The van der Waals surface area contributed by atoms with Gasteiger partial charge in [-0.3, -0.25) is 4.79 Å². The maximum absolute atomic E-state index is 11.5. The van der Waals surface area contributed by atoms with Gasteiger partial charge in [0, 0.05) is 6.54 Å².